The minimum atomic E-state index is -0.416. The lowest BCUT2D eigenvalue weighted by Crippen LogP contribution is -2.14. The maximum Gasteiger partial charge on any atom is 0.337 e. The molecule has 1 N–H and O–H groups in total. The van der Waals surface area contributed by atoms with Gasteiger partial charge in [0.1, 0.15) is 10.8 Å². The van der Waals surface area contributed by atoms with Crippen molar-refractivity contribution in [1.29, 1.82) is 0 Å². The average Bonchev–Trinajstić information content (AvgIpc) is 3.16. The van der Waals surface area contributed by atoms with E-state index in [4.69, 9.17) is 4.74 Å². The summed E-state index contributed by atoms with van der Waals surface area (Å²) in [5.74, 6) is 0.168. The van der Waals surface area contributed by atoms with E-state index >= 15 is 0 Å². The molecule has 1 aromatic heterocycles. The van der Waals surface area contributed by atoms with Gasteiger partial charge in [0.05, 0.1) is 31.9 Å². The van der Waals surface area contributed by atoms with Gasteiger partial charge in [-0.3, -0.25) is 4.79 Å². The molecular weight excluding hydrogens is 364 g/mol. The quantitative estimate of drug-likeness (QED) is 0.657. The van der Waals surface area contributed by atoms with Crippen molar-refractivity contribution < 1.29 is 19.1 Å². The van der Waals surface area contributed by atoms with Crippen molar-refractivity contribution in [3.8, 4) is 16.3 Å². The fourth-order valence-electron chi connectivity index (χ4n) is 2.45. The first kappa shape index (κ1) is 18.6. The Hall–Kier alpha value is -3.19. The number of rotatable bonds is 6. The van der Waals surface area contributed by atoms with Gasteiger partial charge in [-0.25, -0.2) is 9.78 Å². The van der Waals surface area contributed by atoms with Gasteiger partial charge in [0.15, 0.2) is 0 Å². The van der Waals surface area contributed by atoms with Gasteiger partial charge in [-0.1, -0.05) is 12.1 Å². The summed E-state index contributed by atoms with van der Waals surface area (Å²) in [5.41, 5.74) is 2.68. The normalized spacial score (nSPS) is 10.3. The second-order valence-electron chi connectivity index (χ2n) is 5.67. The zero-order valence-corrected chi connectivity index (χ0v) is 15.7. The molecule has 0 spiro atoms. The molecule has 0 bridgehead atoms. The Bertz CT molecular complexity index is 951. The van der Waals surface area contributed by atoms with E-state index in [-0.39, 0.29) is 12.3 Å². The van der Waals surface area contributed by atoms with E-state index in [0.29, 0.717) is 16.9 Å². The molecule has 27 heavy (non-hydrogen) atoms. The molecule has 138 valence electrons. The first-order valence-corrected chi connectivity index (χ1v) is 9.04. The lowest BCUT2D eigenvalue weighted by Gasteiger charge is -2.05. The summed E-state index contributed by atoms with van der Waals surface area (Å²) in [5, 5.41) is 5.50. The molecule has 0 aliphatic rings. The highest BCUT2D eigenvalue weighted by Crippen LogP contribution is 2.27. The number of amides is 1. The molecule has 0 fully saturated rings. The summed E-state index contributed by atoms with van der Waals surface area (Å²) in [6, 6.07) is 14.2. The largest absolute Gasteiger partial charge is 0.497 e. The minimum Gasteiger partial charge on any atom is -0.497 e. The zero-order valence-electron chi connectivity index (χ0n) is 14.9. The summed E-state index contributed by atoms with van der Waals surface area (Å²) < 4.78 is 9.88. The average molecular weight is 382 g/mol. The molecule has 0 aliphatic carbocycles. The molecule has 0 saturated carbocycles. The number of hydrogen-bond donors (Lipinski definition) is 1. The Morgan fingerprint density at radius 2 is 1.89 bits per heavy atom. The van der Waals surface area contributed by atoms with Gasteiger partial charge < -0.3 is 14.8 Å². The second kappa shape index (κ2) is 8.46. The highest BCUT2D eigenvalue weighted by atomic mass is 32.1. The number of hydrogen-bond acceptors (Lipinski definition) is 6. The van der Waals surface area contributed by atoms with Crippen molar-refractivity contribution in [3.05, 3.63) is 65.2 Å². The molecular formula is C20H18N2O4S. The van der Waals surface area contributed by atoms with Crippen molar-refractivity contribution >= 4 is 28.9 Å². The van der Waals surface area contributed by atoms with Crippen LogP contribution in [0.2, 0.25) is 0 Å². The molecule has 1 heterocycles. The van der Waals surface area contributed by atoms with Gasteiger partial charge in [-0.15, -0.1) is 11.3 Å². The van der Waals surface area contributed by atoms with Crippen molar-refractivity contribution in [2.75, 3.05) is 19.5 Å². The molecule has 2 aromatic carbocycles. The molecule has 3 rings (SSSR count). The Balaban J connectivity index is 1.63. The second-order valence-corrected chi connectivity index (χ2v) is 6.53. The standard InChI is InChI=1S/C20H18N2O4S/c1-25-17-5-3-4-14(10-17)19-22-16(12-27-19)11-18(23)21-15-8-6-13(7-9-15)20(24)26-2/h3-10,12H,11H2,1-2H3,(H,21,23). The molecule has 0 atom stereocenters. The highest BCUT2D eigenvalue weighted by Gasteiger charge is 2.11. The molecule has 0 saturated heterocycles. The number of esters is 1. The van der Waals surface area contributed by atoms with Gasteiger partial charge in [-0.2, -0.15) is 0 Å². The third-order valence-electron chi connectivity index (χ3n) is 3.80. The maximum absolute atomic E-state index is 12.2. The summed E-state index contributed by atoms with van der Waals surface area (Å²) >= 11 is 1.48. The van der Waals surface area contributed by atoms with Crippen LogP contribution in [0.1, 0.15) is 16.1 Å². The fraction of sp³-hybridized carbons (Fsp3) is 0.150. The van der Waals surface area contributed by atoms with Gasteiger partial charge in [0.2, 0.25) is 5.91 Å². The number of nitrogens with zero attached hydrogens (tertiary/aromatic N) is 1. The van der Waals surface area contributed by atoms with Crippen molar-refractivity contribution in [1.82, 2.24) is 4.98 Å². The van der Waals surface area contributed by atoms with E-state index in [0.717, 1.165) is 16.3 Å². The molecule has 1 amide bonds. The molecule has 0 unspecified atom stereocenters. The lowest BCUT2D eigenvalue weighted by atomic mass is 10.2. The molecule has 3 aromatic rings. The van der Waals surface area contributed by atoms with Crippen LogP contribution in [-0.2, 0) is 16.0 Å². The Morgan fingerprint density at radius 1 is 1.11 bits per heavy atom. The molecule has 7 heteroatoms. The summed E-state index contributed by atoms with van der Waals surface area (Å²) in [4.78, 5) is 28.2. The first-order chi connectivity index (χ1) is 13.1. The number of thiazole rings is 1. The van der Waals surface area contributed by atoms with Crippen LogP contribution in [-0.4, -0.2) is 31.1 Å². The van der Waals surface area contributed by atoms with E-state index in [9.17, 15) is 9.59 Å². The number of ether oxygens (including phenoxy) is 2. The molecule has 0 aliphatic heterocycles. The predicted octanol–water partition coefficient (Wildman–Crippen LogP) is 3.79. The third-order valence-corrected chi connectivity index (χ3v) is 4.74. The number of carbonyl (C=O) groups excluding carboxylic acids is 2. The Kier molecular flexibility index (Phi) is 5.83. The molecule has 6 nitrogen and oxygen atoms in total. The van der Waals surface area contributed by atoms with Crippen LogP contribution >= 0.6 is 11.3 Å². The van der Waals surface area contributed by atoms with Gasteiger partial charge >= 0.3 is 5.97 Å². The van der Waals surface area contributed by atoms with Crippen LogP contribution in [0.4, 0.5) is 5.69 Å². The summed E-state index contributed by atoms with van der Waals surface area (Å²) in [6.45, 7) is 0. The highest BCUT2D eigenvalue weighted by molar-refractivity contribution is 7.13. The molecule has 0 radical (unpaired) electrons. The Morgan fingerprint density at radius 3 is 2.59 bits per heavy atom. The summed E-state index contributed by atoms with van der Waals surface area (Å²) in [6.07, 6.45) is 0.166. The number of nitrogens with one attached hydrogen (secondary N) is 1. The number of anilines is 1. The Labute approximate surface area is 160 Å². The number of benzene rings is 2. The van der Waals surface area contributed by atoms with E-state index < -0.39 is 5.97 Å². The van der Waals surface area contributed by atoms with Crippen LogP contribution in [0.15, 0.2) is 53.9 Å². The fourth-order valence-corrected chi connectivity index (χ4v) is 3.27. The van der Waals surface area contributed by atoms with E-state index in [2.05, 4.69) is 15.0 Å². The lowest BCUT2D eigenvalue weighted by molar-refractivity contribution is -0.115. The third kappa shape index (κ3) is 4.71. The minimum absolute atomic E-state index is 0.166. The van der Waals surface area contributed by atoms with E-state index in [1.165, 1.54) is 18.4 Å². The smallest absolute Gasteiger partial charge is 0.337 e. The van der Waals surface area contributed by atoms with Crippen molar-refractivity contribution in [3.63, 3.8) is 0 Å². The zero-order chi connectivity index (χ0) is 19.2. The number of aromatic nitrogens is 1. The monoisotopic (exact) mass is 382 g/mol. The maximum atomic E-state index is 12.2. The van der Waals surface area contributed by atoms with Crippen LogP contribution in [0.5, 0.6) is 5.75 Å². The predicted molar refractivity (Wildman–Crippen MR) is 104 cm³/mol. The van der Waals surface area contributed by atoms with Crippen LogP contribution in [0, 0.1) is 0 Å². The van der Waals surface area contributed by atoms with Crippen LogP contribution < -0.4 is 10.1 Å². The van der Waals surface area contributed by atoms with E-state index in [1.54, 1.807) is 31.4 Å². The van der Waals surface area contributed by atoms with Crippen molar-refractivity contribution in [2.24, 2.45) is 0 Å². The van der Waals surface area contributed by atoms with Gasteiger partial charge in [0.25, 0.3) is 0 Å². The van der Waals surface area contributed by atoms with Crippen LogP contribution in [0.3, 0.4) is 0 Å². The van der Waals surface area contributed by atoms with Gasteiger partial charge in [-0.05, 0) is 36.4 Å². The topological polar surface area (TPSA) is 77.5 Å². The van der Waals surface area contributed by atoms with Gasteiger partial charge in [0, 0.05) is 16.6 Å². The number of methoxy groups -OCH3 is 2. The van der Waals surface area contributed by atoms with Crippen LogP contribution in [0.25, 0.3) is 10.6 Å². The summed E-state index contributed by atoms with van der Waals surface area (Å²) in [7, 11) is 2.94. The van der Waals surface area contributed by atoms with E-state index in [1.807, 2.05) is 29.6 Å². The number of carbonyl (C=O) groups is 2. The SMILES string of the molecule is COC(=O)c1ccc(NC(=O)Cc2csc(-c3cccc(OC)c3)n2)cc1. The van der Waals surface area contributed by atoms with Crippen molar-refractivity contribution in [2.45, 2.75) is 6.42 Å². The first-order valence-electron chi connectivity index (χ1n) is 8.16.